The van der Waals surface area contributed by atoms with E-state index in [0.717, 1.165) is 37.1 Å². The number of amides is 1. The maximum atomic E-state index is 12.7. The van der Waals surface area contributed by atoms with Gasteiger partial charge in [0.1, 0.15) is 4.21 Å². The Kier molecular flexibility index (Phi) is 7.12. The molecule has 9 heteroatoms. The van der Waals surface area contributed by atoms with Crippen LogP contribution in [0.15, 0.2) is 16.3 Å². The van der Waals surface area contributed by atoms with E-state index in [0.29, 0.717) is 30.4 Å². The zero-order valence-corrected chi connectivity index (χ0v) is 17.6. The highest BCUT2D eigenvalue weighted by Crippen LogP contribution is 2.30. The largest absolute Gasteiger partial charge is 0.342 e. The lowest BCUT2D eigenvalue weighted by Gasteiger charge is -2.25. The summed E-state index contributed by atoms with van der Waals surface area (Å²) in [7, 11) is -3.41. The van der Waals surface area contributed by atoms with E-state index in [9.17, 15) is 13.2 Å². The van der Waals surface area contributed by atoms with Crippen molar-refractivity contribution in [1.82, 2.24) is 9.21 Å². The van der Waals surface area contributed by atoms with Crippen molar-refractivity contribution < 1.29 is 13.2 Å². The molecule has 3 heterocycles. The maximum Gasteiger partial charge on any atom is 0.252 e. The topological polar surface area (TPSA) is 83.7 Å². The van der Waals surface area contributed by atoms with Gasteiger partial charge in [-0.3, -0.25) is 4.79 Å². The maximum absolute atomic E-state index is 12.7. The standard InChI is InChI=1S/C17H27N3O3S2.ClH/c1-17(12-18)7-10-19(13-17)15(21)11-14-5-6-16(24-14)25(22,23)20-8-3-2-4-9-20;/h5-6H,2-4,7-13,18H2,1H3;1H. The summed E-state index contributed by atoms with van der Waals surface area (Å²) in [5, 5.41) is 0. The van der Waals surface area contributed by atoms with Crippen molar-refractivity contribution in [2.75, 3.05) is 32.7 Å². The number of nitrogens with two attached hydrogens (primary N) is 1. The summed E-state index contributed by atoms with van der Waals surface area (Å²) in [6.45, 7) is 5.30. The second-order valence-electron chi connectivity index (χ2n) is 7.44. The molecule has 0 radical (unpaired) electrons. The average Bonchev–Trinajstić information content (AvgIpc) is 3.23. The lowest BCUT2D eigenvalue weighted by atomic mass is 9.90. The van der Waals surface area contributed by atoms with Gasteiger partial charge in [-0.1, -0.05) is 13.3 Å². The quantitative estimate of drug-likeness (QED) is 0.788. The number of nitrogens with zero attached hydrogens (tertiary/aromatic N) is 2. The predicted molar refractivity (Wildman–Crippen MR) is 106 cm³/mol. The Morgan fingerprint density at radius 1 is 1.23 bits per heavy atom. The molecular weight excluding hydrogens is 394 g/mol. The summed E-state index contributed by atoms with van der Waals surface area (Å²) in [4.78, 5) is 15.2. The molecule has 0 aliphatic carbocycles. The molecule has 2 aliphatic heterocycles. The third-order valence-corrected chi connectivity index (χ3v) is 8.73. The molecule has 1 atom stereocenters. The first-order valence-electron chi connectivity index (χ1n) is 8.91. The van der Waals surface area contributed by atoms with Crippen molar-refractivity contribution in [3.05, 3.63) is 17.0 Å². The minimum atomic E-state index is -3.41. The second kappa shape index (κ2) is 8.56. The van der Waals surface area contributed by atoms with Crippen LogP contribution in [0.2, 0.25) is 0 Å². The second-order valence-corrected chi connectivity index (χ2v) is 10.8. The number of likely N-dealkylation sites (tertiary alicyclic amines) is 1. The van der Waals surface area contributed by atoms with Crippen molar-refractivity contribution in [3.63, 3.8) is 0 Å². The van der Waals surface area contributed by atoms with Crippen LogP contribution >= 0.6 is 23.7 Å². The minimum Gasteiger partial charge on any atom is -0.342 e. The number of halogens is 1. The first-order chi connectivity index (χ1) is 11.8. The Labute approximate surface area is 166 Å². The number of carbonyl (C=O) groups is 1. The summed E-state index contributed by atoms with van der Waals surface area (Å²) < 4.78 is 27.3. The molecule has 148 valence electrons. The van der Waals surface area contributed by atoms with Crippen molar-refractivity contribution in [2.45, 2.75) is 43.2 Å². The lowest BCUT2D eigenvalue weighted by molar-refractivity contribution is -0.129. The molecule has 2 aliphatic rings. The molecule has 0 bridgehead atoms. The summed E-state index contributed by atoms with van der Waals surface area (Å²) in [6, 6.07) is 3.42. The van der Waals surface area contributed by atoms with Gasteiger partial charge in [0.05, 0.1) is 6.42 Å². The zero-order valence-electron chi connectivity index (χ0n) is 15.1. The van der Waals surface area contributed by atoms with Crippen LogP contribution < -0.4 is 5.73 Å². The Bertz CT molecular complexity index is 731. The van der Waals surface area contributed by atoms with Gasteiger partial charge < -0.3 is 10.6 Å². The van der Waals surface area contributed by atoms with Gasteiger partial charge >= 0.3 is 0 Å². The molecule has 1 unspecified atom stereocenters. The van der Waals surface area contributed by atoms with Crippen molar-refractivity contribution in [2.24, 2.45) is 11.1 Å². The van der Waals surface area contributed by atoms with Crippen LogP contribution in [0, 0.1) is 5.41 Å². The van der Waals surface area contributed by atoms with E-state index in [2.05, 4.69) is 6.92 Å². The first-order valence-corrected chi connectivity index (χ1v) is 11.2. The Morgan fingerprint density at radius 3 is 2.54 bits per heavy atom. The molecule has 0 aromatic carbocycles. The fraction of sp³-hybridized carbons (Fsp3) is 0.706. The number of rotatable bonds is 5. The van der Waals surface area contributed by atoms with Gasteiger partial charge in [-0.2, -0.15) is 4.31 Å². The Morgan fingerprint density at radius 2 is 1.92 bits per heavy atom. The van der Waals surface area contributed by atoms with E-state index in [1.807, 2.05) is 4.90 Å². The van der Waals surface area contributed by atoms with Gasteiger partial charge in [0.2, 0.25) is 5.91 Å². The van der Waals surface area contributed by atoms with Gasteiger partial charge in [0.15, 0.2) is 0 Å². The highest BCUT2D eigenvalue weighted by Gasteiger charge is 2.35. The van der Waals surface area contributed by atoms with E-state index < -0.39 is 10.0 Å². The van der Waals surface area contributed by atoms with Gasteiger partial charge in [-0.15, -0.1) is 23.7 Å². The smallest absolute Gasteiger partial charge is 0.252 e. The van der Waals surface area contributed by atoms with Crippen LogP contribution in [0.3, 0.4) is 0 Å². The molecule has 2 fully saturated rings. The Balaban J connectivity index is 0.00000243. The molecule has 2 saturated heterocycles. The molecule has 2 N–H and O–H groups in total. The van der Waals surface area contributed by atoms with E-state index >= 15 is 0 Å². The van der Waals surface area contributed by atoms with E-state index in [1.165, 1.54) is 11.3 Å². The highest BCUT2D eigenvalue weighted by atomic mass is 35.5. The van der Waals surface area contributed by atoms with Gasteiger partial charge in [-0.05, 0) is 43.4 Å². The van der Waals surface area contributed by atoms with Crippen molar-refractivity contribution >= 4 is 39.7 Å². The molecule has 0 spiro atoms. The molecule has 6 nitrogen and oxygen atoms in total. The fourth-order valence-electron chi connectivity index (χ4n) is 3.49. The van der Waals surface area contributed by atoms with Crippen LogP contribution in [0.5, 0.6) is 0 Å². The molecule has 1 aromatic heterocycles. The Hall–Kier alpha value is -0.670. The number of sulfonamides is 1. The first kappa shape index (κ1) is 21.6. The van der Waals surface area contributed by atoms with E-state index in [1.54, 1.807) is 16.4 Å². The summed E-state index contributed by atoms with van der Waals surface area (Å²) in [6.07, 6.45) is 4.12. The third-order valence-electron chi connectivity index (χ3n) is 5.27. The summed E-state index contributed by atoms with van der Waals surface area (Å²) in [5.74, 6) is 0.0564. The van der Waals surface area contributed by atoms with Crippen LogP contribution in [0.4, 0.5) is 0 Å². The molecule has 3 rings (SSSR count). The van der Waals surface area contributed by atoms with Crippen LogP contribution in [-0.2, 0) is 21.2 Å². The summed E-state index contributed by atoms with van der Waals surface area (Å²) >= 11 is 1.22. The van der Waals surface area contributed by atoms with Crippen LogP contribution in [0.25, 0.3) is 0 Å². The number of piperidine rings is 1. The van der Waals surface area contributed by atoms with Crippen LogP contribution in [0.1, 0.15) is 37.5 Å². The number of thiophene rings is 1. The van der Waals surface area contributed by atoms with Crippen LogP contribution in [-0.4, -0.2) is 56.3 Å². The highest BCUT2D eigenvalue weighted by molar-refractivity contribution is 7.91. The average molecular weight is 422 g/mol. The summed E-state index contributed by atoms with van der Waals surface area (Å²) in [5.41, 5.74) is 5.81. The normalized spacial score (nSPS) is 24.5. The van der Waals surface area contributed by atoms with E-state index in [4.69, 9.17) is 5.73 Å². The lowest BCUT2D eigenvalue weighted by Crippen LogP contribution is -2.35. The third kappa shape index (κ3) is 4.59. The SMILES string of the molecule is CC1(CN)CCN(C(=O)Cc2ccc(S(=O)(=O)N3CCCCC3)s2)C1.Cl. The number of hydrogen-bond donors (Lipinski definition) is 1. The predicted octanol–water partition coefficient (Wildman–Crippen LogP) is 2.08. The van der Waals surface area contributed by atoms with Gasteiger partial charge in [0.25, 0.3) is 10.0 Å². The minimum absolute atomic E-state index is 0. The fourth-order valence-corrected chi connectivity index (χ4v) is 6.51. The van der Waals surface area contributed by atoms with Gasteiger partial charge in [0, 0.05) is 31.1 Å². The molecule has 1 amide bonds. The van der Waals surface area contributed by atoms with Crippen molar-refractivity contribution in [3.8, 4) is 0 Å². The molecular formula is C17H28ClN3O3S2. The van der Waals surface area contributed by atoms with Crippen molar-refractivity contribution in [1.29, 1.82) is 0 Å². The molecule has 1 aromatic rings. The number of hydrogen-bond acceptors (Lipinski definition) is 5. The monoisotopic (exact) mass is 421 g/mol. The molecule has 26 heavy (non-hydrogen) atoms. The van der Waals surface area contributed by atoms with E-state index in [-0.39, 0.29) is 30.2 Å². The van der Waals surface area contributed by atoms with Gasteiger partial charge in [-0.25, -0.2) is 8.42 Å². The zero-order chi connectivity index (χ0) is 18.1. The molecule has 0 saturated carbocycles. The number of carbonyl (C=O) groups excluding carboxylic acids is 1.